The molecule has 0 aliphatic heterocycles. The van der Waals surface area contributed by atoms with E-state index in [1.807, 2.05) is 31.2 Å². The van der Waals surface area contributed by atoms with E-state index in [1.54, 1.807) is 5.38 Å². The maximum atomic E-state index is 12.2. The average molecular weight is 387 g/mol. The molecule has 0 saturated heterocycles. The molecule has 1 aliphatic carbocycles. The van der Waals surface area contributed by atoms with E-state index in [-0.39, 0.29) is 24.2 Å². The second-order valence-corrected chi connectivity index (χ2v) is 8.28. The van der Waals surface area contributed by atoms with Gasteiger partial charge in [-0.1, -0.05) is 56.5 Å². The highest BCUT2D eigenvalue weighted by molar-refractivity contribution is 7.13. The van der Waals surface area contributed by atoms with Crippen molar-refractivity contribution in [3.8, 4) is 10.6 Å². The Kier molecular flexibility index (Phi) is 6.26. The van der Waals surface area contributed by atoms with Crippen molar-refractivity contribution in [2.45, 2.75) is 46.1 Å². The smallest absolute Gasteiger partial charge is 0.358 e. The highest BCUT2D eigenvalue weighted by Gasteiger charge is 2.28. The zero-order valence-electron chi connectivity index (χ0n) is 16.0. The summed E-state index contributed by atoms with van der Waals surface area (Å²) < 4.78 is 5.16. The molecule has 3 rings (SSSR count). The van der Waals surface area contributed by atoms with Crippen molar-refractivity contribution in [1.82, 2.24) is 10.3 Å². The molecule has 0 radical (unpaired) electrons. The van der Waals surface area contributed by atoms with Crippen molar-refractivity contribution in [1.29, 1.82) is 0 Å². The lowest BCUT2D eigenvalue weighted by atomic mass is 9.78. The Labute approximate surface area is 164 Å². The molecule has 1 N–H and O–H groups in total. The van der Waals surface area contributed by atoms with Crippen LogP contribution in [0.2, 0.25) is 0 Å². The fourth-order valence-electron chi connectivity index (χ4n) is 3.44. The Morgan fingerprint density at radius 2 is 1.96 bits per heavy atom. The first-order valence-corrected chi connectivity index (χ1v) is 10.3. The van der Waals surface area contributed by atoms with Gasteiger partial charge in [-0.15, -0.1) is 11.3 Å². The summed E-state index contributed by atoms with van der Waals surface area (Å²) in [5, 5.41) is 5.44. The van der Waals surface area contributed by atoms with E-state index < -0.39 is 5.97 Å². The number of ether oxygens (including phenoxy) is 1. The summed E-state index contributed by atoms with van der Waals surface area (Å²) in [4.78, 5) is 28.7. The molecule has 27 heavy (non-hydrogen) atoms. The molecule has 1 heterocycles. The van der Waals surface area contributed by atoms with Gasteiger partial charge in [0.05, 0.1) is 0 Å². The standard InChI is InChI=1S/C21H26N2O3S/c1-13-7-9-16(10-8-13)20-23-18(12-27-20)21(25)26-11-19(24)22-17-6-4-5-14(2)15(17)3/h7-10,12,14-15,17H,4-6,11H2,1-3H3,(H,22,24)/t14-,15+,17-/m1/s1. The minimum atomic E-state index is -0.565. The number of esters is 1. The van der Waals surface area contributed by atoms with E-state index in [2.05, 4.69) is 24.1 Å². The Hall–Kier alpha value is -2.21. The van der Waals surface area contributed by atoms with Gasteiger partial charge in [-0.25, -0.2) is 9.78 Å². The van der Waals surface area contributed by atoms with Crippen molar-refractivity contribution < 1.29 is 14.3 Å². The molecule has 5 nitrogen and oxygen atoms in total. The first kappa shape index (κ1) is 19.5. The van der Waals surface area contributed by atoms with Crippen LogP contribution in [0.25, 0.3) is 10.6 Å². The van der Waals surface area contributed by atoms with Gasteiger partial charge in [-0.2, -0.15) is 0 Å². The van der Waals surface area contributed by atoms with Crippen LogP contribution in [0, 0.1) is 18.8 Å². The Bertz CT molecular complexity index is 800. The molecule has 144 valence electrons. The topological polar surface area (TPSA) is 68.3 Å². The van der Waals surface area contributed by atoms with Gasteiger partial charge in [0.2, 0.25) is 0 Å². The molecule has 0 bridgehead atoms. The van der Waals surface area contributed by atoms with Gasteiger partial charge in [-0.05, 0) is 25.2 Å². The van der Waals surface area contributed by atoms with Gasteiger partial charge < -0.3 is 10.1 Å². The number of nitrogens with zero attached hydrogens (tertiary/aromatic N) is 1. The number of rotatable bonds is 5. The third-order valence-corrected chi connectivity index (χ3v) is 6.29. The van der Waals surface area contributed by atoms with Gasteiger partial charge in [0.15, 0.2) is 12.3 Å². The van der Waals surface area contributed by atoms with Crippen LogP contribution in [-0.4, -0.2) is 29.5 Å². The Morgan fingerprint density at radius 1 is 1.22 bits per heavy atom. The molecule has 0 spiro atoms. The summed E-state index contributed by atoms with van der Waals surface area (Å²) in [6.07, 6.45) is 3.31. The minimum Gasteiger partial charge on any atom is -0.451 e. The molecule has 1 aromatic carbocycles. The molecule has 3 atom stereocenters. The summed E-state index contributed by atoms with van der Waals surface area (Å²) in [6, 6.07) is 8.12. The number of nitrogens with one attached hydrogen (secondary N) is 1. The summed E-state index contributed by atoms with van der Waals surface area (Å²) >= 11 is 1.39. The molecule has 1 fully saturated rings. The van der Waals surface area contributed by atoms with Gasteiger partial charge in [-0.3, -0.25) is 4.79 Å². The van der Waals surface area contributed by atoms with Crippen molar-refractivity contribution in [2.75, 3.05) is 6.61 Å². The van der Waals surface area contributed by atoms with Gasteiger partial charge in [0.1, 0.15) is 5.01 Å². The molecule has 6 heteroatoms. The molecular formula is C21H26N2O3S. The molecule has 1 aromatic heterocycles. The number of aromatic nitrogens is 1. The van der Waals surface area contributed by atoms with Gasteiger partial charge in [0.25, 0.3) is 5.91 Å². The molecular weight excluding hydrogens is 360 g/mol. The summed E-state index contributed by atoms with van der Waals surface area (Å²) in [6.45, 7) is 6.14. The number of carbonyl (C=O) groups excluding carboxylic acids is 2. The lowest BCUT2D eigenvalue weighted by Gasteiger charge is -2.34. The SMILES string of the molecule is Cc1ccc(-c2nc(C(=O)OCC(=O)N[C@@H]3CCC[C@@H](C)[C@@H]3C)cs2)cc1. The number of carbonyl (C=O) groups is 2. The zero-order valence-corrected chi connectivity index (χ0v) is 16.8. The van der Waals surface area contributed by atoms with E-state index >= 15 is 0 Å². The van der Waals surface area contributed by atoms with Crippen LogP contribution >= 0.6 is 11.3 Å². The fourth-order valence-corrected chi connectivity index (χ4v) is 4.23. The predicted octanol–water partition coefficient (Wildman–Crippen LogP) is 4.22. The van der Waals surface area contributed by atoms with E-state index in [9.17, 15) is 9.59 Å². The highest BCUT2D eigenvalue weighted by Crippen LogP contribution is 2.29. The van der Waals surface area contributed by atoms with Crippen LogP contribution in [0.1, 0.15) is 49.2 Å². The number of benzene rings is 1. The lowest BCUT2D eigenvalue weighted by Crippen LogP contribution is -2.45. The van der Waals surface area contributed by atoms with Crippen molar-refractivity contribution in [2.24, 2.45) is 11.8 Å². The zero-order chi connectivity index (χ0) is 19.4. The number of hydrogen-bond donors (Lipinski definition) is 1. The second-order valence-electron chi connectivity index (χ2n) is 7.42. The largest absolute Gasteiger partial charge is 0.451 e. The minimum absolute atomic E-state index is 0.160. The summed E-state index contributed by atoms with van der Waals surface area (Å²) in [5.74, 6) is 0.226. The maximum absolute atomic E-state index is 12.2. The fraction of sp³-hybridized carbons (Fsp3) is 0.476. The van der Waals surface area contributed by atoms with Gasteiger partial charge >= 0.3 is 5.97 Å². The third kappa shape index (κ3) is 4.95. The van der Waals surface area contributed by atoms with E-state index in [1.165, 1.54) is 23.3 Å². The summed E-state index contributed by atoms with van der Waals surface area (Å²) in [7, 11) is 0. The van der Waals surface area contributed by atoms with Crippen LogP contribution in [0.3, 0.4) is 0 Å². The second kappa shape index (κ2) is 8.65. The Balaban J connectivity index is 1.52. The van der Waals surface area contributed by atoms with Crippen molar-refractivity contribution in [3.05, 3.63) is 40.9 Å². The van der Waals surface area contributed by atoms with Crippen LogP contribution in [0.5, 0.6) is 0 Å². The predicted molar refractivity (Wildman–Crippen MR) is 107 cm³/mol. The van der Waals surface area contributed by atoms with E-state index in [4.69, 9.17) is 4.74 Å². The number of hydrogen-bond acceptors (Lipinski definition) is 5. The van der Waals surface area contributed by atoms with Crippen molar-refractivity contribution >= 4 is 23.2 Å². The van der Waals surface area contributed by atoms with Gasteiger partial charge in [0, 0.05) is 17.0 Å². The molecule has 1 amide bonds. The Morgan fingerprint density at radius 3 is 2.70 bits per heavy atom. The van der Waals surface area contributed by atoms with Crippen LogP contribution in [0.4, 0.5) is 0 Å². The van der Waals surface area contributed by atoms with Crippen molar-refractivity contribution in [3.63, 3.8) is 0 Å². The van der Waals surface area contributed by atoms with Crippen LogP contribution < -0.4 is 5.32 Å². The summed E-state index contributed by atoms with van der Waals surface area (Å²) in [5.41, 5.74) is 2.37. The monoisotopic (exact) mass is 386 g/mol. The number of amides is 1. The van der Waals surface area contributed by atoms with E-state index in [0.717, 1.165) is 23.4 Å². The van der Waals surface area contributed by atoms with Crippen LogP contribution in [-0.2, 0) is 9.53 Å². The van der Waals surface area contributed by atoms with E-state index in [0.29, 0.717) is 11.8 Å². The lowest BCUT2D eigenvalue weighted by molar-refractivity contribution is -0.125. The third-order valence-electron chi connectivity index (χ3n) is 5.40. The first-order chi connectivity index (χ1) is 12.9. The first-order valence-electron chi connectivity index (χ1n) is 9.43. The number of thiazole rings is 1. The quantitative estimate of drug-likeness (QED) is 0.782. The normalized spacial score (nSPS) is 22.3. The molecule has 2 aromatic rings. The maximum Gasteiger partial charge on any atom is 0.358 e. The van der Waals surface area contributed by atoms with Crippen LogP contribution in [0.15, 0.2) is 29.6 Å². The molecule has 1 aliphatic rings. The highest BCUT2D eigenvalue weighted by atomic mass is 32.1. The molecule has 0 unspecified atom stereocenters. The average Bonchev–Trinajstić information content (AvgIpc) is 3.14. The number of aryl methyl sites for hydroxylation is 1. The molecule has 1 saturated carbocycles.